The molecule has 0 unspecified atom stereocenters. The minimum Gasteiger partial charge on any atom is -0.497 e. The molecule has 1 aromatic heterocycles. The molecule has 0 aliphatic rings. The Morgan fingerprint density at radius 1 is 1.40 bits per heavy atom. The van der Waals surface area contributed by atoms with E-state index in [9.17, 15) is 5.26 Å². The van der Waals surface area contributed by atoms with Crippen LogP contribution in [-0.4, -0.2) is 24.6 Å². The molecule has 0 amide bonds. The molecular weight excluding hydrogens is 299 g/mol. The second kappa shape index (κ2) is 6.65. The van der Waals surface area contributed by atoms with Crippen molar-refractivity contribution in [1.82, 2.24) is 4.98 Å². The van der Waals surface area contributed by atoms with E-state index >= 15 is 0 Å². The Morgan fingerprint density at radius 3 is 2.85 bits per heavy atom. The van der Waals surface area contributed by atoms with Crippen LogP contribution in [0.5, 0.6) is 11.6 Å². The molecule has 2 aromatic rings. The molecule has 4 nitrogen and oxygen atoms in total. The highest BCUT2D eigenvalue weighted by molar-refractivity contribution is 6.36. The van der Waals surface area contributed by atoms with E-state index in [-0.39, 0.29) is 11.4 Å². The van der Waals surface area contributed by atoms with E-state index in [0.29, 0.717) is 40.6 Å². The highest BCUT2D eigenvalue weighted by Gasteiger charge is 2.15. The van der Waals surface area contributed by atoms with Crippen LogP contribution in [0.1, 0.15) is 12.0 Å². The van der Waals surface area contributed by atoms with Crippen molar-refractivity contribution in [3.63, 3.8) is 0 Å². The van der Waals surface area contributed by atoms with Crippen molar-refractivity contribution in [2.24, 2.45) is 0 Å². The summed E-state index contributed by atoms with van der Waals surface area (Å²) >= 11 is 11.9. The molecule has 0 saturated heterocycles. The fraction of sp³-hybridized carbons (Fsp3) is 0.286. The van der Waals surface area contributed by atoms with E-state index in [4.69, 9.17) is 32.7 Å². The van der Waals surface area contributed by atoms with Crippen LogP contribution in [0.3, 0.4) is 0 Å². The van der Waals surface area contributed by atoms with Crippen molar-refractivity contribution >= 4 is 34.1 Å². The van der Waals surface area contributed by atoms with Gasteiger partial charge in [-0.3, -0.25) is 0 Å². The van der Waals surface area contributed by atoms with Gasteiger partial charge >= 0.3 is 0 Å². The van der Waals surface area contributed by atoms with Gasteiger partial charge in [0.05, 0.1) is 24.3 Å². The van der Waals surface area contributed by atoms with E-state index in [1.54, 1.807) is 25.3 Å². The number of nitrogens with zero attached hydrogens (tertiary/aromatic N) is 2. The minimum atomic E-state index is 0.224. The normalized spacial score (nSPS) is 10.3. The fourth-order valence-electron chi connectivity index (χ4n) is 1.73. The highest BCUT2D eigenvalue weighted by Crippen LogP contribution is 2.33. The van der Waals surface area contributed by atoms with Gasteiger partial charge in [-0.15, -0.1) is 11.6 Å². The van der Waals surface area contributed by atoms with E-state index in [0.717, 1.165) is 0 Å². The van der Waals surface area contributed by atoms with E-state index in [1.165, 1.54) is 0 Å². The molecule has 1 heterocycles. The van der Waals surface area contributed by atoms with Crippen LogP contribution in [0.2, 0.25) is 5.02 Å². The number of nitriles is 1. The summed E-state index contributed by atoms with van der Waals surface area (Å²) in [6.07, 6.45) is 0.673. The predicted octanol–water partition coefficient (Wildman–Crippen LogP) is 3.78. The summed E-state index contributed by atoms with van der Waals surface area (Å²) in [7, 11) is 1.57. The van der Waals surface area contributed by atoms with Gasteiger partial charge in [-0.2, -0.15) is 5.26 Å². The number of halogens is 2. The molecule has 0 radical (unpaired) electrons. The number of rotatable bonds is 5. The first-order chi connectivity index (χ1) is 9.71. The van der Waals surface area contributed by atoms with Gasteiger partial charge in [0.2, 0.25) is 5.88 Å². The van der Waals surface area contributed by atoms with Crippen LogP contribution in [0.4, 0.5) is 0 Å². The Balaban J connectivity index is 2.52. The van der Waals surface area contributed by atoms with Gasteiger partial charge in [-0.25, -0.2) is 4.98 Å². The van der Waals surface area contributed by atoms with Gasteiger partial charge in [0.25, 0.3) is 0 Å². The van der Waals surface area contributed by atoms with Crippen LogP contribution >= 0.6 is 23.2 Å². The maximum Gasteiger partial charge on any atom is 0.233 e. The maximum atomic E-state index is 9.23. The van der Waals surface area contributed by atoms with Gasteiger partial charge in [0, 0.05) is 11.3 Å². The van der Waals surface area contributed by atoms with Crippen LogP contribution < -0.4 is 9.47 Å². The number of fused-ring (bicyclic) bond motifs is 1. The zero-order valence-electron chi connectivity index (χ0n) is 10.8. The largest absolute Gasteiger partial charge is 0.497 e. The molecule has 0 spiro atoms. The van der Waals surface area contributed by atoms with Crippen LogP contribution in [0.15, 0.2) is 18.2 Å². The summed E-state index contributed by atoms with van der Waals surface area (Å²) < 4.78 is 10.6. The maximum absolute atomic E-state index is 9.23. The Kier molecular flexibility index (Phi) is 4.89. The highest BCUT2D eigenvalue weighted by atomic mass is 35.5. The summed E-state index contributed by atoms with van der Waals surface area (Å²) in [5.74, 6) is 1.38. The first kappa shape index (κ1) is 14.7. The zero-order chi connectivity index (χ0) is 14.5. The summed E-state index contributed by atoms with van der Waals surface area (Å²) in [5.41, 5.74) is 0.873. The van der Waals surface area contributed by atoms with Crippen LogP contribution in [0, 0.1) is 11.3 Å². The Labute approximate surface area is 126 Å². The Morgan fingerprint density at radius 2 is 2.20 bits per heavy atom. The molecule has 0 aliphatic heterocycles. The van der Waals surface area contributed by atoms with Crippen molar-refractivity contribution in [2.75, 3.05) is 19.6 Å². The first-order valence-electron chi connectivity index (χ1n) is 5.97. The number of hydrogen-bond donors (Lipinski definition) is 0. The molecule has 0 saturated carbocycles. The van der Waals surface area contributed by atoms with Crippen LogP contribution in [-0.2, 0) is 0 Å². The summed E-state index contributed by atoms with van der Waals surface area (Å²) in [4.78, 5) is 4.33. The van der Waals surface area contributed by atoms with E-state index in [2.05, 4.69) is 4.98 Å². The summed E-state index contributed by atoms with van der Waals surface area (Å²) in [5, 5.41) is 10.2. The van der Waals surface area contributed by atoms with E-state index < -0.39 is 0 Å². The monoisotopic (exact) mass is 310 g/mol. The third kappa shape index (κ3) is 2.90. The van der Waals surface area contributed by atoms with Crippen molar-refractivity contribution in [3.8, 4) is 17.7 Å². The number of aromatic nitrogens is 1. The molecule has 20 heavy (non-hydrogen) atoms. The quantitative estimate of drug-likeness (QED) is 0.623. The number of benzene rings is 1. The van der Waals surface area contributed by atoms with Crippen molar-refractivity contribution < 1.29 is 9.47 Å². The molecule has 0 atom stereocenters. The number of alkyl halides is 1. The zero-order valence-corrected chi connectivity index (χ0v) is 12.3. The SMILES string of the molecule is COc1ccc2nc(OCCCCl)c(C#N)c(Cl)c2c1. The average Bonchev–Trinajstić information content (AvgIpc) is 2.47. The minimum absolute atomic E-state index is 0.224. The Hall–Kier alpha value is -1.70. The standard InChI is InChI=1S/C14H12Cl2N2O2/c1-19-9-3-4-12-10(7-9)13(16)11(8-17)14(18-12)20-6-2-5-15/h3-4,7H,2,5-6H2,1H3. The smallest absolute Gasteiger partial charge is 0.233 e. The molecule has 0 fully saturated rings. The number of methoxy groups -OCH3 is 1. The third-order valence-corrected chi connectivity index (χ3v) is 3.38. The lowest BCUT2D eigenvalue weighted by molar-refractivity contribution is 0.306. The van der Waals surface area contributed by atoms with Gasteiger partial charge < -0.3 is 9.47 Å². The Bertz CT molecular complexity index is 668. The first-order valence-corrected chi connectivity index (χ1v) is 6.88. The van der Waals surface area contributed by atoms with Crippen molar-refractivity contribution in [2.45, 2.75) is 6.42 Å². The lowest BCUT2D eigenvalue weighted by Crippen LogP contribution is -2.02. The van der Waals surface area contributed by atoms with Crippen LogP contribution in [0.25, 0.3) is 10.9 Å². The number of pyridine rings is 1. The third-order valence-electron chi connectivity index (χ3n) is 2.72. The fourth-order valence-corrected chi connectivity index (χ4v) is 2.12. The van der Waals surface area contributed by atoms with Gasteiger partial charge in [0.1, 0.15) is 17.4 Å². The van der Waals surface area contributed by atoms with E-state index in [1.807, 2.05) is 6.07 Å². The average molecular weight is 311 g/mol. The molecule has 0 aliphatic carbocycles. The molecule has 0 bridgehead atoms. The molecule has 2 rings (SSSR count). The predicted molar refractivity (Wildman–Crippen MR) is 78.9 cm³/mol. The molecule has 0 N–H and O–H groups in total. The number of hydrogen-bond acceptors (Lipinski definition) is 4. The van der Waals surface area contributed by atoms with Crippen molar-refractivity contribution in [1.29, 1.82) is 5.26 Å². The lowest BCUT2D eigenvalue weighted by Gasteiger charge is -2.10. The molecule has 6 heteroatoms. The van der Waals surface area contributed by atoms with Gasteiger partial charge in [-0.05, 0) is 24.6 Å². The lowest BCUT2D eigenvalue weighted by atomic mass is 10.1. The second-order valence-electron chi connectivity index (χ2n) is 3.99. The topological polar surface area (TPSA) is 55.1 Å². The molecular formula is C14H12Cl2N2O2. The summed E-state index contributed by atoms with van der Waals surface area (Å²) in [6.45, 7) is 0.392. The second-order valence-corrected chi connectivity index (χ2v) is 4.75. The van der Waals surface area contributed by atoms with Gasteiger partial charge in [-0.1, -0.05) is 11.6 Å². The summed E-state index contributed by atoms with van der Waals surface area (Å²) in [6, 6.07) is 7.32. The molecule has 104 valence electrons. The molecule has 1 aromatic carbocycles. The van der Waals surface area contributed by atoms with Crippen molar-refractivity contribution in [3.05, 3.63) is 28.8 Å². The number of ether oxygens (including phenoxy) is 2. The van der Waals surface area contributed by atoms with Gasteiger partial charge in [0.15, 0.2) is 0 Å².